The van der Waals surface area contributed by atoms with Crippen molar-refractivity contribution >= 4 is 26.5 Å². The molecule has 11 heavy (non-hydrogen) atoms. The number of carbonyl (C=O) groups excluding carboxylic acids is 1. The number of hydrogen-bond acceptors (Lipinski definition) is 2. The first kappa shape index (κ1) is 11.2. The van der Waals surface area contributed by atoms with Crippen LogP contribution in [0.3, 0.4) is 0 Å². The summed E-state index contributed by atoms with van der Waals surface area (Å²) in [5, 5.41) is 5.86. The Morgan fingerprint density at radius 1 is 1.45 bits per heavy atom. The third kappa shape index (κ3) is 6.55. The van der Waals surface area contributed by atoms with E-state index in [1.54, 1.807) is 22.6 Å². The fraction of sp³-hybridized carbons (Fsp3) is 0.857. The Morgan fingerprint density at radius 3 is 2.36 bits per heavy atom. The summed E-state index contributed by atoms with van der Waals surface area (Å²) in [6, 6.07) is 0. The Balaban J connectivity index is 3.63. The van der Waals surface area contributed by atoms with Gasteiger partial charge in [-0.3, -0.25) is 4.79 Å². The normalized spacial score (nSPS) is 11.3. The van der Waals surface area contributed by atoms with Crippen LogP contribution in [0.4, 0.5) is 4.79 Å². The van der Waals surface area contributed by atoms with Gasteiger partial charge in [0.05, 0.1) is 0 Å². The Morgan fingerprint density at radius 2 is 2.00 bits per heavy atom. The maximum atomic E-state index is 10.5. The number of carbonyl (C=O) groups is 1. The molecule has 0 bridgehead atoms. The smallest absolute Gasteiger partial charge is 0.280 e. The van der Waals surface area contributed by atoms with Crippen LogP contribution in [0.1, 0.15) is 13.8 Å². The second-order valence-electron chi connectivity index (χ2n) is 3.32. The average Bonchev–Trinajstić information content (AvgIpc) is 1.84. The summed E-state index contributed by atoms with van der Waals surface area (Å²) < 4.78 is 0.00628. The van der Waals surface area contributed by atoms with Gasteiger partial charge in [0.1, 0.15) is 0 Å². The van der Waals surface area contributed by atoms with E-state index in [0.717, 1.165) is 13.1 Å². The van der Waals surface area contributed by atoms with Crippen molar-refractivity contribution in [3.63, 3.8) is 0 Å². The van der Waals surface area contributed by atoms with E-state index in [1.165, 1.54) is 0 Å². The molecule has 4 heteroatoms. The molecule has 2 N–H and O–H groups in total. The van der Waals surface area contributed by atoms with Crippen molar-refractivity contribution in [2.75, 3.05) is 20.1 Å². The highest BCUT2D eigenvalue weighted by Crippen LogP contribution is 2.11. The zero-order valence-corrected chi connectivity index (χ0v) is 9.36. The quantitative estimate of drug-likeness (QED) is 0.460. The highest BCUT2D eigenvalue weighted by atomic mass is 127. The second kappa shape index (κ2) is 4.92. The number of hydrogen-bond donors (Lipinski definition) is 2. The van der Waals surface area contributed by atoms with Gasteiger partial charge in [0.2, 0.25) is 0 Å². The van der Waals surface area contributed by atoms with E-state index in [9.17, 15) is 4.79 Å². The lowest BCUT2D eigenvalue weighted by Crippen LogP contribution is -2.37. The molecule has 0 unspecified atom stereocenters. The lowest BCUT2D eigenvalue weighted by Gasteiger charge is -2.23. The number of halogens is 1. The first-order valence-electron chi connectivity index (χ1n) is 3.56. The second-order valence-corrected chi connectivity index (χ2v) is 4.30. The fourth-order valence-electron chi connectivity index (χ4n) is 0.850. The van der Waals surface area contributed by atoms with E-state index in [2.05, 4.69) is 24.5 Å². The van der Waals surface area contributed by atoms with E-state index in [1.807, 2.05) is 7.05 Å². The van der Waals surface area contributed by atoms with Gasteiger partial charge in [0.15, 0.2) is 0 Å². The van der Waals surface area contributed by atoms with E-state index in [4.69, 9.17) is 0 Å². The molecule has 3 nitrogen and oxygen atoms in total. The topological polar surface area (TPSA) is 41.1 Å². The molecule has 0 heterocycles. The molecular formula is C7H15IN2O. The summed E-state index contributed by atoms with van der Waals surface area (Å²) in [5.41, 5.74) is 0.135. The van der Waals surface area contributed by atoms with Gasteiger partial charge < -0.3 is 10.6 Å². The summed E-state index contributed by atoms with van der Waals surface area (Å²) in [7, 11) is 1.91. The van der Waals surface area contributed by atoms with E-state index in [0.29, 0.717) is 0 Å². The van der Waals surface area contributed by atoms with Crippen molar-refractivity contribution in [1.82, 2.24) is 10.6 Å². The summed E-state index contributed by atoms with van der Waals surface area (Å²) in [6.45, 7) is 5.84. The largest absolute Gasteiger partial charge is 0.347 e. The third-order valence-corrected chi connectivity index (χ3v) is 1.74. The van der Waals surface area contributed by atoms with E-state index >= 15 is 0 Å². The molecule has 0 aliphatic carbocycles. The lowest BCUT2D eigenvalue weighted by molar-refractivity contribution is 0.255. The molecular weight excluding hydrogens is 255 g/mol. The van der Waals surface area contributed by atoms with Gasteiger partial charge in [-0.25, -0.2) is 0 Å². The summed E-state index contributed by atoms with van der Waals surface area (Å²) >= 11 is 1.74. The standard InChI is InChI=1S/C7H15IN2O/c1-7(2,4-9-3)5-10-6(8)11/h9H,4-5H2,1-3H3,(H,10,11). The summed E-state index contributed by atoms with van der Waals surface area (Å²) in [4.78, 5) is 10.5. The molecule has 0 aliphatic heterocycles. The molecule has 0 aliphatic rings. The molecule has 66 valence electrons. The summed E-state index contributed by atoms with van der Waals surface area (Å²) in [6.07, 6.45) is 0. The Labute approximate surface area is 81.5 Å². The molecule has 0 aromatic carbocycles. The van der Waals surface area contributed by atoms with Crippen LogP contribution in [-0.4, -0.2) is 24.1 Å². The Hall–Kier alpha value is 0.160. The molecule has 0 fully saturated rings. The predicted octanol–water partition coefficient (Wildman–Crippen LogP) is 1.38. The molecule has 0 aromatic heterocycles. The third-order valence-electron chi connectivity index (χ3n) is 1.36. The van der Waals surface area contributed by atoms with Crippen LogP contribution in [-0.2, 0) is 0 Å². The molecule has 0 saturated carbocycles. The summed E-state index contributed by atoms with van der Waals surface area (Å²) in [5.74, 6) is 0. The van der Waals surface area contributed by atoms with Crippen LogP contribution in [0.15, 0.2) is 0 Å². The van der Waals surface area contributed by atoms with Crippen LogP contribution in [0.2, 0.25) is 0 Å². The van der Waals surface area contributed by atoms with E-state index < -0.39 is 0 Å². The molecule has 0 aromatic rings. The van der Waals surface area contributed by atoms with Gasteiger partial charge in [0.25, 0.3) is 3.91 Å². The predicted molar refractivity (Wildman–Crippen MR) is 55.1 cm³/mol. The van der Waals surface area contributed by atoms with Crippen molar-refractivity contribution in [1.29, 1.82) is 0 Å². The number of amides is 1. The van der Waals surface area contributed by atoms with Crippen LogP contribution < -0.4 is 10.6 Å². The Bertz CT molecular complexity index is 136. The van der Waals surface area contributed by atoms with Crippen molar-refractivity contribution in [3.05, 3.63) is 0 Å². The highest BCUT2D eigenvalue weighted by molar-refractivity contribution is 14.1. The van der Waals surface area contributed by atoms with Gasteiger partial charge in [-0.15, -0.1) is 0 Å². The molecule has 0 radical (unpaired) electrons. The van der Waals surface area contributed by atoms with Gasteiger partial charge >= 0.3 is 0 Å². The van der Waals surface area contributed by atoms with Crippen molar-refractivity contribution in [2.45, 2.75) is 13.8 Å². The molecule has 1 amide bonds. The zero-order chi connectivity index (χ0) is 8.91. The molecule has 0 atom stereocenters. The van der Waals surface area contributed by atoms with Crippen molar-refractivity contribution < 1.29 is 4.79 Å². The van der Waals surface area contributed by atoms with Crippen LogP contribution in [0.25, 0.3) is 0 Å². The van der Waals surface area contributed by atoms with Gasteiger partial charge in [-0.2, -0.15) is 0 Å². The average molecular weight is 270 g/mol. The van der Waals surface area contributed by atoms with Gasteiger partial charge in [-0.05, 0) is 12.5 Å². The zero-order valence-electron chi connectivity index (χ0n) is 7.20. The minimum absolute atomic E-state index is 0.00628. The van der Waals surface area contributed by atoms with Gasteiger partial charge in [-0.1, -0.05) is 13.8 Å². The molecule has 0 saturated heterocycles. The van der Waals surface area contributed by atoms with Gasteiger partial charge in [0, 0.05) is 35.7 Å². The number of nitrogens with one attached hydrogen (secondary N) is 2. The fourth-order valence-corrected chi connectivity index (χ4v) is 1.04. The Kier molecular flexibility index (Phi) is 4.99. The SMILES string of the molecule is CNCC(C)(C)CNC(=O)I. The van der Waals surface area contributed by atoms with Crippen LogP contribution in [0.5, 0.6) is 0 Å². The van der Waals surface area contributed by atoms with Crippen LogP contribution in [0, 0.1) is 5.41 Å². The molecule has 0 rings (SSSR count). The van der Waals surface area contributed by atoms with E-state index in [-0.39, 0.29) is 9.33 Å². The number of rotatable bonds is 4. The maximum absolute atomic E-state index is 10.5. The van der Waals surface area contributed by atoms with Crippen LogP contribution >= 0.6 is 22.6 Å². The minimum Gasteiger partial charge on any atom is -0.347 e. The monoisotopic (exact) mass is 270 g/mol. The highest BCUT2D eigenvalue weighted by Gasteiger charge is 2.16. The maximum Gasteiger partial charge on any atom is 0.280 e. The van der Waals surface area contributed by atoms with Crippen molar-refractivity contribution in [2.24, 2.45) is 5.41 Å². The lowest BCUT2D eigenvalue weighted by atomic mass is 9.94. The molecule has 0 spiro atoms. The first-order valence-corrected chi connectivity index (χ1v) is 4.64. The minimum atomic E-state index is 0.00628. The van der Waals surface area contributed by atoms with Crippen molar-refractivity contribution in [3.8, 4) is 0 Å². The first-order chi connectivity index (χ1) is 4.98.